The van der Waals surface area contributed by atoms with E-state index in [0.29, 0.717) is 6.04 Å². The zero-order valence-corrected chi connectivity index (χ0v) is 17.7. The van der Waals surface area contributed by atoms with Crippen molar-refractivity contribution in [1.82, 2.24) is 10.2 Å². The minimum absolute atomic E-state index is 0.115. The van der Waals surface area contributed by atoms with Crippen molar-refractivity contribution in [3.63, 3.8) is 0 Å². The Morgan fingerprint density at radius 2 is 1.83 bits per heavy atom. The van der Waals surface area contributed by atoms with Crippen molar-refractivity contribution in [2.75, 3.05) is 27.8 Å². The van der Waals surface area contributed by atoms with Gasteiger partial charge in [0.05, 0.1) is 14.2 Å². The second kappa shape index (κ2) is 8.64. The van der Waals surface area contributed by atoms with Gasteiger partial charge >= 0.3 is 0 Å². The summed E-state index contributed by atoms with van der Waals surface area (Å²) in [5.41, 5.74) is 2.37. The van der Waals surface area contributed by atoms with E-state index in [0.717, 1.165) is 62.6 Å². The summed E-state index contributed by atoms with van der Waals surface area (Å²) in [4.78, 5) is 2.52. The van der Waals surface area contributed by atoms with Gasteiger partial charge in [-0.15, -0.1) is 0 Å². The molecular weight excluding hydrogens is 364 g/mol. The lowest BCUT2D eigenvalue weighted by atomic mass is 9.81. The highest BCUT2D eigenvalue weighted by atomic mass is 16.5. The predicted molar refractivity (Wildman–Crippen MR) is 115 cm³/mol. The van der Waals surface area contributed by atoms with Crippen LogP contribution >= 0.6 is 0 Å². The van der Waals surface area contributed by atoms with Crippen LogP contribution in [-0.2, 0) is 13.1 Å². The van der Waals surface area contributed by atoms with Gasteiger partial charge in [-0.2, -0.15) is 0 Å². The molecule has 1 spiro atoms. The molecule has 2 aliphatic rings. The summed E-state index contributed by atoms with van der Waals surface area (Å²) in [6.45, 7) is 2.68. The molecule has 0 unspecified atom stereocenters. The molecule has 2 aromatic carbocycles. The summed E-state index contributed by atoms with van der Waals surface area (Å²) >= 11 is 0. The maximum atomic E-state index is 6.71. The molecule has 1 saturated carbocycles. The van der Waals surface area contributed by atoms with E-state index in [1.807, 2.05) is 6.07 Å². The SMILES string of the molecule is CNC1CCC2(CC1)CN(Cc1ccc(OC)c(OC)c1)Cc1ccccc1O2. The highest BCUT2D eigenvalue weighted by Crippen LogP contribution is 2.39. The van der Waals surface area contributed by atoms with E-state index < -0.39 is 0 Å². The lowest BCUT2D eigenvalue weighted by molar-refractivity contribution is -0.00322. The Labute approximate surface area is 174 Å². The van der Waals surface area contributed by atoms with Crippen molar-refractivity contribution in [3.05, 3.63) is 53.6 Å². The average molecular weight is 397 g/mol. The van der Waals surface area contributed by atoms with E-state index in [1.54, 1.807) is 14.2 Å². The van der Waals surface area contributed by atoms with Crippen LogP contribution in [0.4, 0.5) is 0 Å². The van der Waals surface area contributed by atoms with Crippen LogP contribution in [0.1, 0.15) is 36.8 Å². The van der Waals surface area contributed by atoms with Crippen molar-refractivity contribution in [1.29, 1.82) is 0 Å². The minimum Gasteiger partial charge on any atom is -0.493 e. The van der Waals surface area contributed by atoms with E-state index >= 15 is 0 Å². The quantitative estimate of drug-likeness (QED) is 0.828. The van der Waals surface area contributed by atoms with Gasteiger partial charge in [0, 0.05) is 31.2 Å². The molecule has 0 aromatic heterocycles. The van der Waals surface area contributed by atoms with Crippen LogP contribution < -0.4 is 19.5 Å². The van der Waals surface area contributed by atoms with Crippen molar-refractivity contribution in [2.24, 2.45) is 0 Å². The molecule has 1 aliphatic heterocycles. The van der Waals surface area contributed by atoms with Gasteiger partial charge in [-0.1, -0.05) is 24.3 Å². The highest BCUT2D eigenvalue weighted by molar-refractivity contribution is 5.43. The second-order valence-corrected chi connectivity index (χ2v) is 8.29. The number of ether oxygens (including phenoxy) is 3. The Kier molecular flexibility index (Phi) is 5.97. The maximum absolute atomic E-state index is 6.71. The summed E-state index contributed by atoms with van der Waals surface area (Å²) in [5, 5.41) is 3.44. The first-order chi connectivity index (χ1) is 14.1. The Morgan fingerprint density at radius 1 is 1.07 bits per heavy atom. The number of hydrogen-bond donors (Lipinski definition) is 1. The molecule has 5 nitrogen and oxygen atoms in total. The van der Waals surface area contributed by atoms with Crippen molar-refractivity contribution in [2.45, 2.75) is 50.4 Å². The first-order valence-corrected chi connectivity index (χ1v) is 10.5. The monoisotopic (exact) mass is 396 g/mol. The molecule has 4 rings (SSSR count). The normalized spacial score (nSPS) is 24.4. The molecule has 2 aromatic rings. The van der Waals surface area contributed by atoms with Gasteiger partial charge in [0.1, 0.15) is 11.4 Å². The van der Waals surface area contributed by atoms with Gasteiger partial charge in [0.25, 0.3) is 0 Å². The van der Waals surface area contributed by atoms with Gasteiger partial charge in [-0.25, -0.2) is 0 Å². The summed E-state index contributed by atoms with van der Waals surface area (Å²) in [6.07, 6.45) is 4.47. The number of nitrogens with one attached hydrogen (secondary N) is 1. The van der Waals surface area contributed by atoms with Crippen molar-refractivity contribution >= 4 is 0 Å². The van der Waals surface area contributed by atoms with Crippen LogP contribution in [0, 0.1) is 0 Å². The van der Waals surface area contributed by atoms with E-state index in [2.05, 4.69) is 53.7 Å². The molecular formula is C24H32N2O3. The number of fused-ring (bicyclic) bond motifs is 1. The third-order valence-electron chi connectivity index (χ3n) is 6.36. The van der Waals surface area contributed by atoms with E-state index in [4.69, 9.17) is 14.2 Å². The number of rotatable bonds is 5. The molecule has 29 heavy (non-hydrogen) atoms. The summed E-state index contributed by atoms with van der Waals surface area (Å²) < 4.78 is 17.6. The van der Waals surface area contributed by atoms with Crippen LogP contribution in [0.15, 0.2) is 42.5 Å². The van der Waals surface area contributed by atoms with Gasteiger partial charge < -0.3 is 19.5 Å². The Bertz CT molecular complexity index is 831. The molecule has 1 fully saturated rings. The van der Waals surface area contributed by atoms with Crippen LogP contribution in [0.25, 0.3) is 0 Å². The first kappa shape index (κ1) is 20.0. The zero-order chi connectivity index (χ0) is 20.3. The van der Waals surface area contributed by atoms with Crippen LogP contribution in [0.2, 0.25) is 0 Å². The molecule has 1 N–H and O–H groups in total. The van der Waals surface area contributed by atoms with Crippen LogP contribution in [0.5, 0.6) is 17.2 Å². The third kappa shape index (κ3) is 4.36. The molecule has 0 amide bonds. The summed E-state index contributed by atoms with van der Waals surface area (Å²) in [7, 11) is 5.42. The van der Waals surface area contributed by atoms with Crippen molar-refractivity contribution < 1.29 is 14.2 Å². The average Bonchev–Trinajstić information content (AvgIpc) is 2.90. The number of benzene rings is 2. The molecule has 0 atom stereocenters. The van der Waals surface area contributed by atoms with E-state index in [1.165, 1.54) is 11.1 Å². The fraction of sp³-hybridized carbons (Fsp3) is 0.500. The molecule has 0 bridgehead atoms. The second-order valence-electron chi connectivity index (χ2n) is 8.29. The lowest BCUT2D eigenvalue weighted by Crippen LogP contribution is -2.50. The number of hydrogen-bond acceptors (Lipinski definition) is 5. The minimum atomic E-state index is -0.115. The zero-order valence-electron chi connectivity index (χ0n) is 17.7. The fourth-order valence-corrected chi connectivity index (χ4v) is 4.75. The highest BCUT2D eigenvalue weighted by Gasteiger charge is 2.40. The van der Waals surface area contributed by atoms with Gasteiger partial charge in [0.15, 0.2) is 11.5 Å². The molecule has 156 valence electrons. The molecule has 1 aliphatic carbocycles. The first-order valence-electron chi connectivity index (χ1n) is 10.5. The smallest absolute Gasteiger partial charge is 0.161 e. The molecule has 5 heteroatoms. The lowest BCUT2D eigenvalue weighted by Gasteiger charge is -2.41. The number of para-hydroxylation sites is 1. The fourth-order valence-electron chi connectivity index (χ4n) is 4.75. The summed E-state index contributed by atoms with van der Waals surface area (Å²) in [6, 6.07) is 15.3. The maximum Gasteiger partial charge on any atom is 0.161 e. The Balaban J connectivity index is 1.59. The standard InChI is InChI=1S/C24H32N2O3/c1-25-20-10-12-24(13-11-20)17-26(16-19-6-4-5-7-21(19)29-24)15-18-8-9-22(27-2)23(14-18)28-3/h4-9,14,20,25H,10-13,15-17H2,1-3H3. The summed E-state index contributed by atoms with van der Waals surface area (Å²) in [5.74, 6) is 2.59. The van der Waals surface area contributed by atoms with Crippen LogP contribution in [0.3, 0.4) is 0 Å². The van der Waals surface area contributed by atoms with Crippen LogP contribution in [-0.4, -0.2) is 44.4 Å². The molecule has 1 heterocycles. The number of nitrogens with zero attached hydrogens (tertiary/aromatic N) is 1. The van der Waals surface area contributed by atoms with Crippen molar-refractivity contribution in [3.8, 4) is 17.2 Å². The Morgan fingerprint density at radius 3 is 2.55 bits per heavy atom. The predicted octanol–water partition coefficient (Wildman–Crippen LogP) is 4.00. The van der Waals surface area contributed by atoms with E-state index in [-0.39, 0.29) is 5.60 Å². The Hall–Kier alpha value is -2.24. The number of methoxy groups -OCH3 is 2. The largest absolute Gasteiger partial charge is 0.493 e. The third-order valence-corrected chi connectivity index (χ3v) is 6.36. The molecule has 0 saturated heterocycles. The van der Waals surface area contributed by atoms with Gasteiger partial charge in [-0.3, -0.25) is 4.90 Å². The topological polar surface area (TPSA) is 43.0 Å². The molecule has 0 radical (unpaired) electrons. The van der Waals surface area contributed by atoms with E-state index in [9.17, 15) is 0 Å². The van der Waals surface area contributed by atoms with Gasteiger partial charge in [0.2, 0.25) is 0 Å². The van der Waals surface area contributed by atoms with Gasteiger partial charge in [-0.05, 0) is 56.5 Å².